The Hall–Kier alpha value is -0.770. The monoisotopic (exact) mass is 228 g/mol. The molecule has 0 aliphatic carbocycles. The molecule has 1 amide bonds. The number of rotatable bonds is 3. The molecule has 1 heterocycles. The van der Waals surface area contributed by atoms with Gasteiger partial charge in [-0.05, 0) is 40.7 Å². The Bertz CT molecular complexity index is 248. The van der Waals surface area contributed by atoms with Crippen LogP contribution in [0.4, 0.5) is 4.79 Å². The molecule has 0 aromatic carbocycles. The van der Waals surface area contributed by atoms with Gasteiger partial charge in [-0.2, -0.15) is 0 Å². The number of likely N-dealkylation sites (tertiary alicyclic amines) is 1. The van der Waals surface area contributed by atoms with Gasteiger partial charge in [0.25, 0.3) is 0 Å². The molecule has 1 aliphatic rings. The van der Waals surface area contributed by atoms with E-state index in [9.17, 15) is 4.79 Å². The normalized spacial score (nSPS) is 25.2. The lowest BCUT2D eigenvalue weighted by Gasteiger charge is -2.46. The van der Waals surface area contributed by atoms with Gasteiger partial charge >= 0.3 is 6.09 Å². The fourth-order valence-electron chi connectivity index (χ4n) is 1.74. The quantitative estimate of drug-likeness (QED) is 0.803. The number of carbonyl (C=O) groups is 1. The van der Waals surface area contributed by atoms with Gasteiger partial charge in [0.15, 0.2) is 0 Å². The summed E-state index contributed by atoms with van der Waals surface area (Å²) >= 11 is 0. The second-order valence-electron chi connectivity index (χ2n) is 5.43. The Morgan fingerprint density at radius 2 is 2.12 bits per heavy atom. The van der Waals surface area contributed by atoms with Gasteiger partial charge in [0.05, 0.1) is 0 Å². The molecule has 1 N–H and O–H groups in total. The first-order valence-corrected chi connectivity index (χ1v) is 6.08. The lowest BCUT2D eigenvalue weighted by atomic mass is 9.99. The van der Waals surface area contributed by atoms with Crippen LogP contribution in [0.3, 0.4) is 0 Å². The largest absolute Gasteiger partial charge is 0.444 e. The lowest BCUT2D eigenvalue weighted by Crippen LogP contribution is -2.66. The number of nitrogens with one attached hydrogen (secondary N) is 1. The zero-order valence-electron chi connectivity index (χ0n) is 11.0. The second-order valence-corrected chi connectivity index (χ2v) is 5.43. The zero-order valence-corrected chi connectivity index (χ0v) is 11.0. The van der Waals surface area contributed by atoms with Gasteiger partial charge in [-0.1, -0.05) is 6.92 Å². The van der Waals surface area contributed by atoms with Crippen LogP contribution >= 0.6 is 0 Å². The molecule has 1 saturated heterocycles. The molecule has 1 unspecified atom stereocenters. The first-order valence-electron chi connectivity index (χ1n) is 6.08. The van der Waals surface area contributed by atoms with Crippen LogP contribution in [0.2, 0.25) is 0 Å². The highest BCUT2D eigenvalue weighted by Crippen LogP contribution is 2.21. The molecule has 0 aromatic rings. The zero-order chi connectivity index (χ0) is 12.3. The molecule has 94 valence electrons. The van der Waals surface area contributed by atoms with Crippen LogP contribution in [0.5, 0.6) is 0 Å². The Kier molecular flexibility index (Phi) is 4.19. The number of nitrogens with zero attached hydrogens (tertiary/aromatic N) is 1. The number of carbonyl (C=O) groups excluding carboxylic acids is 1. The maximum atomic E-state index is 11.7. The van der Waals surface area contributed by atoms with E-state index >= 15 is 0 Å². The molecule has 16 heavy (non-hydrogen) atoms. The van der Waals surface area contributed by atoms with Crippen molar-refractivity contribution in [1.29, 1.82) is 0 Å². The Labute approximate surface area is 98.3 Å². The average molecular weight is 228 g/mol. The van der Waals surface area contributed by atoms with Crippen molar-refractivity contribution in [3.05, 3.63) is 0 Å². The highest BCUT2D eigenvalue weighted by atomic mass is 16.6. The van der Waals surface area contributed by atoms with E-state index < -0.39 is 5.60 Å². The third kappa shape index (κ3) is 3.37. The van der Waals surface area contributed by atoms with E-state index in [2.05, 4.69) is 19.2 Å². The Morgan fingerprint density at radius 3 is 2.56 bits per heavy atom. The minimum absolute atomic E-state index is 0.199. The highest BCUT2D eigenvalue weighted by Gasteiger charge is 2.40. The molecule has 0 radical (unpaired) electrons. The van der Waals surface area contributed by atoms with Crippen molar-refractivity contribution in [3.8, 4) is 0 Å². The molecule has 0 spiro atoms. The third-order valence-electron chi connectivity index (χ3n) is 2.75. The van der Waals surface area contributed by atoms with Crippen LogP contribution in [0, 0.1) is 0 Å². The van der Waals surface area contributed by atoms with E-state index in [0.717, 1.165) is 19.5 Å². The fourth-order valence-corrected chi connectivity index (χ4v) is 1.74. The van der Waals surface area contributed by atoms with Crippen LogP contribution < -0.4 is 5.32 Å². The van der Waals surface area contributed by atoms with Crippen molar-refractivity contribution in [1.82, 2.24) is 10.2 Å². The van der Waals surface area contributed by atoms with E-state index in [0.29, 0.717) is 6.04 Å². The standard InChI is InChI=1S/C12H24N2O2/c1-6-7-13-10-8-14(9(10)2)11(15)16-12(3,4)5/h9-10,13H,6-8H2,1-5H3/t9?,10-/m1/s1. The molecule has 4 nitrogen and oxygen atoms in total. The third-order valence-corrected chi connectivity index (χ3v) is 2.75. The van der Waals surface area contributed by atoms with Crippen LogP contribution in [0.15, 0.2) is 0 Å². The molecule has 1 aliphatic heterocycles. The Balaban J connectivity index is 2.34. The second kappa shape index (κ2) is 5.04. The highest BCUT2D eigenvalue weighted by molar-refractivity contribution is 5.70. The number of hydrogen-bond donors (Lipinski definition) is 1. The molecule has 4 heteroatoms. The molecular formula is C12H24N2O2. The maximum Gasteiger partial charge on any atom is 0.410 e. The van der Waals surface area contributed by atoms with Crippen LogP contribution in [0.1, 0.15) is 41.0 Å². The predicted molar refractivity (Wildman–Crippen MR) is 64.5 cm³/mol. The van der Waals surface area contributed by atoms with Gasteiger partial charge < -0.3 is 15.0 Å². The summed E-state index contributed by atoms with van der Waals surface area (Å²) in [5, 5.41) is 3.42. The summed E-state index contributed by atoms with van der Waals surface area (Å²) in [6.45, 7) is 11.6. The van der Waals surface area contributed by atoms with E-state index in [1.807, 2.05) is 20.8 Å². The molecule has 2 atom stereocenters. The van der Waals surface area contributed by atoms with Gasteiger partial charge in [0.2, 0.25) is 0 Å². The van der Waals surface area contributed by atoms with Gasteiger partial charge in [-0.15, -0.1) is 0 Å². The van der Waals surface area contributed by atoms with E-state index in [4.69, 9.17) is 4.74 Å². The van der Waals surface area contributed by atoms with Crippen LogP contribution in [0.25, 0.3) is 0 Å². The lowest BCUT2D eigenvalue weighted by molar-refractivity contribution is -0.0141. The molecule has 1 fully saturated rings. The van der Waals surface area contributed by atoms with Gasteiger partial charge in [-0.3, -0.25) is 0 Å². The van der Waals surface area contributed by atoms with Crippen molar-refractivity contribution in [2.75, 3.05) is 13.1 Å². The average Bonchev–Trinajstić information content (AvgIpc) is 2.13. The number of ether oxygens (including phenoxy) is 1. The first-order chi connectivity index (χ1) is 7.35. The van der Waals surface area contributed by atoms with Crippen molar-refractivity contribution >= 4 is 6.09 Å². The van der Waals surface area contributed by atoms with Crippen molar-refractivity contribution < 1.29 is 9.53 Å². The number of hydrogen-bond acceptors (Lipinski definition) is 3. The summed E-state index contributed by atoms with van der Waals surface area (Å²) in [5.41, 5.74) is -0.404. The minimum atomic E-state index is -0.404. The van der Waals surface area contributed by atoms with E-state index in [1.165, 1.54) is 0 Å². The van der Waals surface area contributed by atoms with Crippen LogP contribution in [-0.4, -0.2) is 41.8 Å². The Morgan fingerprint density at radius 1 is 1.50 bits per heavy atom. The summed E-state index contributed by atoms with van der Waals surface area (Å²) in [7, 11) is 0. The maximum absolute atomic E-state index is 11.7. The summed E-state index contributed by atoms with van der Waals surface area (Å²) < 4.78 is 5.32. The van der Waals surface area contributed by atoms with Crippen molar-refractivity contribution in [3.63, 3.8) is 0 Å². The topological polar surface area (TPSA) is 41.6 Å². The number of amides is 1. The molecule has 0 saturated carbocycles. The molecule has 1 rings (SSSR count). The molecule has 0 aromatic heterocycles. The van der Waals surface area contributed by atoms with E-state index in [1.54, 1.807) is 4.90 Å². The summed E-state index contributed by atoms with van der Waals surface area (Å²) in [6.07, 6.45) is 0.921. The van der Waals surface area contributed by atoms with Gasteiger partial charge in [-0.25, -0.2) is 4.79 Å². The van der Waals surface area contributed by atoms with Crippen LogP contribution in [-0.2, 0) is 4.74 Å². The van der Waals surface area contributed by atoms with Crippen molar-refractivity contribution in [2.45, 2.75) is 58.7 Å². The summed E-state index contributed by atoms with van der Waals surface area (Å²) in [5.74, 6) is 0. The summed E-state index contributed by atoms with van der Waals surface area (Å²) in [4.78, 5) is 13.5. The minimum Gasteiger partial charge on any atom is -0.444 e. The smallest absolute Gasteiger partial charge is 0.410 e. The van der Waals surface area contributed by atoms with E-state index in [-0.39, 0.29) is 12.1 Å². The molecule has 0 bridgehead atoms. The van der Waals surface area contributed by atoms with Gasteiger partial charge in [0.1, 0.15) is 5.60 Å². The SMILES string of the molecule is CCCN[C@@H]1CN(C(=O)OC(C)(C)C)C1C. The van der Waals surface area contributed by atoms with Gasteiger partial charge in [0, 0.05) is 18.6 Å². The summed E-state index contributed by atoms with van der Waals surface area (Å²) in [6, 6.07) is 0.661. The first kappa shape index (κ1) is 13.3. The van der Waals surface area contributed by atoms with Crippen molar-refractivity contribution in [2.24, 2.45) is 0 Å². The predicted octanol–water partition coefficient (Wildman–Crippen LogP) is 1.99. The molecular weight excluding hydrogens is 204 g/mol. The fraction of sp³-hybridized carbons (Fsp3) is 0.917.